The third-order valence-electron chi connectivity index (χ3n) is 6.07. The molecule has 2 fully saturated rings. The average Bonchev–Trinajstić information content (AvgIpc) is 3.14. The van der Waals surface area contributed by atoms with E-state index < -0.39 is 17.6 Å². The first kappa shape index (κ1) is 24.9. The molecule has 1 N–H and O–H groups in total. The molecule has 2 amide bonds. The number of pyridine rings is 1. The number of carbonyl (C=O) groups excluding carboxylic acids is 3. The summed E-state index contributed by atoms with van der Waals surface area (Å²) in [6.45, 7) is 4.50. The number of rotatable bonds is 6. The predicted octanol–water partition coefficient (Wildman–Crippen LogP) is 1.56. The van der Waals surface area contributed by atoms with Gasteiger partial charge in [-0.1, -0.05) is 37.0 Å². The summed E-state index contributed by atoms with van der Waals surface area (Å²) >= 11 is 6.56. The van der Waals surface area contributed by atoms with Crippen LogP contribution in [0.1, 0.15) is 32.3 Å². The number of aromatic nitrogens is 2. The second-order valence-electron chi connectivity index (χ2n) is 8.17. The highest BCUT2D eigenvalue weighted by Crippen LogP contribution is 2.35. The maximum atomic E-state index is 13.6. The number of nitrogens with zero attached hydrogens (tertiary/aromatic N) is 4. The van der Waals surface area contributed by atoms with E-state index in [0.717, 1.165) is 18.2 Å². The molecule has 2 unspecified atom stereocenters. The van der Waals surface area contributed by atoms with Crippen molar-refractivity contribution in [3.8, 4) is 0 Å². The average molecular weight is 516 g/mol. The fraction of sp³-hybridized carbons (Fsp3) is 0.391. The summed E-state index contributed by atoms with van der Waals surface area (Å²) in [6, 6.07) is 4.12. The Morgan fingerprint density at radius 3 is 2.86 bits per heavy atom. The van der Waals surface area contributed by atoms with Gasteiger partial charge in [0, 0.05) is 25.3 Å². The molecule has 2 aliphatic heterocycles. The van der Waals surface area contributed by atoms with Crippen LogP contribution in [0.4, 0.5) is 5.82 Å². The number of nitrogens with one attached hydrogen (secondary N) is 1. The lowest BCUT2D eigenvalue weighted by Gasteiger charge is -2.36. The van der Waals surface area contributed by atoms with E-state index in [1.807, 2.05) is 13.8 Å². The largest absolute Gasteiger partial charge is 0.469 e. The summed E-state index contributed by atoms with van der Waals surface area (Å²) in [4.78, 5) is 59.7. The smallest absolute Gasteiger partial charge is 0.308 e. The standard InChI is InChI=1S/C23H25N5O5S2/c1-4-13(2)28-22(32)16(35-23(28)34)11-14-19(25-17-7-5-6-9-27(17)21(14)31)26-10-8-24-20(30)15(26)12-18(29)33-3/h5-7,9,11,13,15H,4,8,10,12H2,1-3H3,(H,24,30)/b16-11-. The van der Waals surface area contributed by atoms with E-state index in [1.54, 1.807) is 34.2 Å². The monoisotopic (exact) mass is 515 g/mol. The topological polar surface area (TPSA) is 113 Å². The second-order valence-corrected chi connectivity index (χ2v) is 9.85. The van der Waals surface area contributed by atoms with Crippen LogP contribution in [0, 0.1) is 0 Å². The lowest BCUT2D eigenvalue weighted by atomic mass is 10.1. The minimum Gasteiger partial charge on any atom is -0.469 e. The number of ether oxygens (including phenoxy) is 1. The summed E-state index contributed by atoms with van der Waals surface area (Å²) < 4.78 is 6.58. The van der Waals surface area contributed by atoms with Crippen molar-refractivity contribution in [3.63, 3.8) is 0 Å². The normalized spacial score (nSPS) is 20.5. The number of piperazine rings is 1. The molecule has 4 rings (SSSR count). The molecular formula is C23H25N5O5S2. The van der Waals surface area contributed by atoms with Gasteiger partial charge in [0.05, 0.1) is 24.0 Å². The van der Waals surface area contributed by atoms with Crippen LogP contribution in [0.5, 0.6) is 0 Å². The number of hydrogen-bond acceptors (Lipinski definition) is 9. The van der Waals surface area contributed by atoms with Crippen LogP contribution in [0.15, 0.2) is 34.1 Å². The maximum absolute atomic E-state index is 13.6. The molecule has 2 saturated heterocycles. The van der Waals surface area contributed by atoms with Gasteiger partial charge >= 0.3 is 5.97 Å². The van der Waals surface area contributed by atoms with Gasteiger partial charge < -0.3 is 15.0 Å². The fourth-order valence-electron chi connectivity index (χ4n) is 4.02. The predicted molar refractivity (Wildman–Crippen MR) is 137 cm³/mol. The molecule has 10 nitrogen and oxygen atoms in total. The Labute approximate surface area is 211 Å². The van der Waals surface area contributed by atoms with Gasteiger partial charge in [-0.25, -0.2) is 4.98 Å². The summed E-state index contributed by atoms with van der Waals surface area (Å²) in [6.07, 6.45) is 3.59. The van der Waals surface area contributed by atoms with Crippen molar-refractivity contribution in [2.45, 2.75) is 38.8 Å². The van der Waals surface area contributed by atoms with Gasteiger partial charge in [-0.15, -0.1) is 0 Å². The summed E-state index contributed by atoms with van der Waals surface area (Å²) in [5.74, 6) is -0.990. The molecular weight excluding hydrogens is 490 g/mol. The Kier molecular flexibility index (Phi) is 7.22. The second kappa shape index (κ2) is 10.2. The molecule has 0 saturated carbocycles. The molecule has 2 aliphatic rings. The van der Waals surface area contributed by atoms with Crippen LogP contribution >= 0.6 is 24.0 Å². The lowest BCUT2D eigenvalue weighted by Crippen LogP contribution is -2.57. The van der Waals surface area contributed by atoms with E-state index in [9.17, 15) is 19.2 Å². The van der Waals surface area contributed by atoms with E-state index in [2.05, 4.69) is 10.3 Å². The van der Waals surface area contributed by atoms with Gasteiger partial charge in [0.25, 0.3) is 11.5 Å². The third kappa shape index (κ3) is 4.67. The van der Waals surface area contributed by atoms with Gasteiger partial charge in [-0.2, -0.15) is 0 Å². The zero-order valence-corrected chi connectivity index (χ0v) is 21.1. The molecule has 2 aromatic heterocycles. The van der Waals surface area contributed by atoms with Crippen molar-refractivity contribution >= 4 is 63.6 Å². The molecule has 35 heavy (non-hydrogen) atoms. The summed E-state index contributed by atoms with van der Waals surface area (Å²) in [5, 5.41) is 2.75. The molecule has 0 aromatic carbocycles. The number of esters is 1. The SMILES string of the molecule is CCC(C)N1C(=O)/C(=C/c2c(N3CCNC(=O)C3CC(=O)OC)nc3ccccn3c2=O)SC1=S. The van der Waals surface area contributed by atoms with Crippen molar-refractivity contribution in [1.29, 1.82) is 0 Å². The first-order valence-corrected chi connectivity index (χ1v) is 12.4. The van der Waals surface area contributed by atoms with Crippen LogP contribution in [-0.4, -0.2) is 68.7 Å². The van der Waals surface area contributed by atoms with Crippen LogP contribution in [0.2, 0.25) is 0 Å². The molecule has 12 heteroatoms. The molecule has 0 spiro atoms. The highest BCUT2D eigenvalue weighted by Gasteiger charge is 2.37. The molecule has 2 aromatic rings. The van der Waals surface area contributed by atoms with Gasteiger partial charge in [-0.05, 0) is 31.6 Å². The van der Waals surface area contributed by atoms with Crippen molar-refractivity contribution < 1.29 is 19.1 Å². The Balaban J connectivity index is 1.89. The quantitative estimate of drug-likeness (QED) is 0.348. The zero-order chi connectivity index (χ0) is 25.3. The summed E-state index contributed by atoms with van der Waals surface area (Å²) in [5.41, 5.74) is 0.115. The van der Waals surface area contributed by atoms with Crippen molar-refractivity contribution in [2.24, 2.45) is 0 Å². The van der Waals surface area contributed by atoms with Gasteiger partial charge in [-0.3, -0.25) is 28.5 Å². The first-order valence-electron chi connectivity index (χ1n) is 11.2. The minimum absolute atomic E-state index is 0.0843. The zero-order valence-electron chi connectivity index (χ0n) is 19.5. The first-order chi connectivity index (χ1) is 16.8. The number of thiocarbonyl (C=S) groups is 1. The van der Waals surface area contributed by atoms with Crippen LogP contribution in [0.25, 0.3) is 11.7 Å². The summed E-state index contributed by atoms with van der Waals surface area (Å²) in [7, 11) is 1.25. The number of carbonyl (C=O) groups is 3. The molecule has 2 atom stereocenters. The number of fused-ring (bicyclic) bond motifs is 1. The highest BCUT2D eigenvalue weighted by atomic mass is 32.2. The molecule has 184 valence electrons. The third-order valence-corrected chi connectivity index (χ3v) is 7.40. The Hall–Kier alpha value is -3.25. The number of amides is 2. The molecule has 0 aliphatic carbocycles. The van der Waals surface area contributed by atoms with Crippen LogP contribution in [-0.2, 0) is 19.1 Å². The van der Waals surface area contributed by atoms with Gasteiger partial charge in [0.1, 0.15) is 21.8 Å². The number of methoxy groups -OCH3 is 1. The van der Waals surface area contributed by atoms with E-state index >= 15 is 0 Å². The van der Waals surface area contributed by atoms with E-state index in [0.29, 0.717) is 28.0 Å². The molecule has 0 bridgehead atoms. The van der Waals surface area contributed by atoms with Crippen LogP contribution in [0.3, 0.4) is 0 Å². The Morgan fingerprint density at radius 2 is 2.14 bits per heavy atom. The maximum Gasteiger partial charge on any atom is 0.308 e. The van der Waals surface area contributed by atoms with E-state index in [4.69, 9.17) is 17.0 Å². The van der Waals surface area contributed by atoms with Crippen molar-refractivity contribution in [1.82, 2.24) is 19.6 Å². The van der Waals surface area contributed by atoms with Crippen molar-refractivity contribution in [3.05, 3.63) is 45.2 Å². The number of thioether (sulfide) groups is 1. The molecule has 0 radical (unpaired) electrons. The van der Waals surface area contributed by atoms with Crippen LogP contribution < -0.4 is 15.8 Å². The Bertz CT molecular complexity index is 1310. The lowest BCUT2D eigenvalue weighted by molar-refractivity contribution is -0.143. The van der Waals surface area contributed by atoms with E-state index in [1.165, 1.54) is 17.6 Å². The van der Waals surface area contributed by atoms with Crippen molar-refractivity contribution in [2.75, 3.05) is 25.1 Å². The fourth-order valence-corrected chi connectivity index (χ4v) is 5.47. The van der Waals surface area contributed by atoms with Gasteiger partial charge in [0.15, 0.2) is 0 Å². The highest BCUT2D eigenvalue weighted by molar-refractivity contribution is 8.26. The minimum atomic E-state index is -0.920. The molecule has 4 heterocycles. The number of hydrogen-bond donors (Lipinski definition) is 1. The van der Waals surface area contributed by atoms with Gasteiger partial charge in [0.2, 0.25) is 5.91 Å². The number of anilines is 1. The van der Waals surface area contributed by atoms with E-state index in [-0.39, 0.29) is 35.7 Å². The Morgan fingerprint density at radius 1 is 1.37 bits per heavy atom.